The second-order valence-corrected chi connectivity index (χ2v) is 4.01. The van der Waals surface area contributed by atoms with E-state index in [0.29, 0.717) is 12.8 Å². The second kappa shape index (κ2) is 4.45. The molecule has 0 saturated carbocycles. The molecular weight excluding hydrogens is 156 g/mol. The molecule has 3 heteroatoms. The van der Waals surface area contributed by atoms with Crippen LogP contribution >= 0.6 is 0 Å². The van der Waals surface area contributed by atoms with Gasteiger partial charge in [-0.1, -0.05) is 6.92 Å². The molecule has 0 rings (SSSR count). The zero-order valence-corrected chi connectivity index (χ0v) is 8.00. The van der Waals surface area contributed by atoms with Crippen LogP contribution in [0, 0.1) is 11.3 Å². The average molecular weight is 174 g/mol. The summed E-state index contributed by atoms with van der Waals surface area (Å²) < 4.78 is 0. The summed E-state index contributed by atoms with van der Waals surface area (Å²) in [4.78, 5) is 10.7. The predicted molar refractivity (Wildman–Crippen MR) is 46.9 cm³/mol. The van der Waals surface area contributed by atoms with Gasteiger partial charge >= 0.3 is 5.97 Å². The highest BCUT2D eigenvalue weighted by molar-refractivity contribution is 5.73. The number of carbonyl (C=O) groups is 1. The lowest BCUT2D eigenvalue weighted by atomic mass is 9.82. The maximum absolute atomic E-state index is 10.7. The van der Waals surface area contributed by atoms with Crippen LogP contribution in [0.1, 0.15) is 33.6 Å². The molecule has 0 aromatic heterocycles. The van der Waals surface area contributed by atoms with E-state index in [1.807, 2.05) is 6.92 Å². The first-order valence-electron chi connectivity index (χ1n) is 4.24. The molecule has 72 valence electrons. The first kappa shape index (κ1) is 11.4. The van der Waals surface area contributed by atoms with Crippen molar-refractivity contribution in [3.8, 4) is 0 Å². The Bertz CT molecular complexity index is 152. The highest BCUT2D eigenvalue weighted by Gasteiger charge is 2.28. The third-order valence-electron chi connectivity index (χ3n) is 2.06. The number of carboxylic acid groups (broad SMARTS) is 1. The van der Waals surface area contributed by atoms with Gasteiger partial charge in [0.25, 0.3) is 0 Å². The Morgan fingerprint density at radius 1 is 1.50 bits per heavy atom. The van der Waals surface area contributed by atoms with Gasteiger partial charge in [-0.15, -0.1) is 0 Å². The third-order valence-corrected chi connectivity index (χ3v) is 2.06. The Morgan fingerprint density at radius 3 is 2.33 bits per heavy atom. The Balaban J connectivity index is 3.96. The first-order chi connectivity index (χ1) is 5.40. The van der Waals surface area contributed by atoms with Crippen LogP contribution in [0.15, 0.2) is 0 Å². The summed E-state index contributed by atoms with van der Waals surface area (Å²) >= 11 is 0. The van der Waals surface area contributed by atoms with Gasteiger partial charge < -0.3 is 10.2 Å². The van der Waals surface area contributed by atoms with E-state index in [4.69, 9.17) is 10.2 Å². The van der Waals surface area contributed by atoms with E-state index < -0.39 is 11.4 Å². The summed E-state index contributed by atoms with van der Waals surface area (Å²) in [6.07, 6.45) is 1.29. The van der Waals surface area contributed by atoms with Crippen molar-refractivity contribution >= 4 is 5.97 Å². The molecule has 0 aliphatic carbocycles. The minimum atomic E-state index is -0.771. The predicted octanol–water partition coefficient (Wildman–Crippen LogP) is 1.51. The van der Waals surface area contributed by atoms with Gasteiger partial charge in [0, 0.05) is 6.61 Å². The normalized spacial score (nSPS) is 14.3. The summed E-state index contributed by atoms with van der Waals surface area (Å²) in [5, 5.41) is 17.4. The monoisotopic (exact) mass is 174 g/mol. The number of hydrogen-bond donors (Lipinski definition) is 2. The van der Waals surface area contributed by atoms with E-state index in [9.17, 15) is 4.79 Å². The molecule has 0 aliphatic rings. The van der Waals surface area contributed by atoms with E-state index in [1.54, 1.807) is 13.8 Å². The standard InChI is InChI=1S/C9H18O3/c1-7(4-5-10)6-9(2,3)8(11)12/h7,10H,4-6H2,1-3H3,(H,11,12). The molecule has 0 aromatic rings. The third kappa shape index (κ3) is 3.72. The van der Waals surface area contributed by atoms with Gasteiger partial charge in [0.05, 0.1) is 5.41 Å². The molecule has 0 heterocycles. The Labute approximate surface area is 73.4 Å². The highest BCUT2D eigenvalue weighted by Crippen LogP contribution is 2.26. The lowest BCUT2D eigenvalue weighted by molar-refractivity contribution is -0.147. The summed E-state index contributed by atoms with van der Waals surface area (Å²) in [5.74, 6) is -0.506. The molecule has 2 N–H and O–H groups in total. The minimum Gasteiger partial charge on any atom is -0.481 e. The van der Waals surface area contributed by atoms with Crippen molar-refractivity contribution in [3.05, 3.63) is 0 Å². The molecule has 3 nitrogen and oxygen atoms in total. The molecule has 0 fully saturated rings. The Hall–Kier alpha value is -0.570. The fourth-order valence-electron chi connectivity index (χ4n) is 1.28. The van der Waals surface area contributed by atoms with E-state index in [2.05, 4.69) is 0 Å². The fourth-order valence-corrected chi connectivity index (χ4v) is 1.28. The number of rotatable bonds is 5. The smallest absolute Gasteiger partial charge is 0.309 e. The largest absolute Gasteiger partial charge is 0.481 e. The molecule has 0 bridgehead atoms. The van der Waals surface area contributed by atoms with Gasteiger partial charge in [-0.25, -0.2) is 0 Å². The Kier molecular flexibility index (Phi) is 4.24. The van der Waals surface area contributed by atoms with Gasteiger partial charge in [-0.05, 0) is 32.6 Å². The molecule has 12 heavy (non-hydrogen) atoms. The first-order valence-corrected chi connectivity index (χ1v) is 4.24. The number of aliphatic hydroxyl groups excluding tert-OH is 1. The van der Waals surface area contributed by atoms with Crippen LogP contribution in [-0.2, 0) is 4.79 Å². The topological polar surface area (TPSA) is 57.5 Å². The van der Waals surface area contributed by atoms with Crippen molar-refractivity contribution in [2.75, 3.05) is 6.61 Å². The molecule has 0 spiro atoms. The van der Waals surface area contributed by atoms with Gasteiger partial charge in [0.15, 0.2) is 0 Å². The molecule has 0 amide bonds. The highest BCUT2D eigenvalue weighted by atomic mass is 16.4. The van der Waals surface area contributed by atoms with Crippen LogP contribution in [0.5, 0.6) is 0 Å². The van der Waals surface area contributed by atoms with Gasteiger partial charge in [-0.2, -0.15) is 0 Å². The molecule has 1 unspecified atom stereocenters. The molecule has 0 radical (unpaired) electrons. The summed E-state index contributed by atoms with van der Waals surface area (Å²) in [6.45, 7) is 5.52. The fraction of sp³-hybridized carbons (Fsp3) is 0.889. The zero-order valence-electron chi connectivity index (χ0n) is 8.00. The van der Waals surface area contributed by atoms with E-state index >= 15 is 0 Å². The summed E-state index contributed by atoms with van der Waals surface area (Å²) in [7, 11) is 0. The van der Waals surface area contributed by atoms with Crippen molar-refractivity contribution in [2.24, 2.45) is 11.3 Å². The molecule has 0 saturated heterocycles. The molecule has 1 atom stereocenters. The van der Waals surface area contributed by atoms with Crippen LogP contribution in [-0.4, -0.2) is 22.8 Å². The van der Waals surface area contributed by atoms with Crippen molar-refractivity contribution in [3.63, 3.8) is 0 Å². The maximum atomic E-state index is 10.7. The van der Waals surface area contributed by atoms with Crippen LogP contribution in [0.4, 0.5) is 0 Å². The minimum absolute atomic E-state index is 0.136. The van der Waals surface area contributed by atoms with Crippen LogP contribution in [0.2, 0.25) is 0 Å². The summed E-state index contributed by atoms with van der Waals surface area (Å²) in [6, 6.07) is 0. The molecular formula is C9H18O3. The van der Waals surface area contributed by atoms with E-state index in [0.717, 1.165) is 0 Å². The second-order valence-electron chi connectivity index (χ2n) is 4.01. The van der Waals surface area contributed by atoms with Crippen LogP contribution in [0.3, 0.4) is 0 Å². The lowest BCUT2D eigenvalue weighted by Gasteiger charge is -2.22. The quantitative estimate of drug-likeness (QED) is 0.664. The van der Waals surface area contributed by atoms with Gasteiger partial charge in [0.2, 0.25) is 0 Å². The zero-order chi connectivity index (χ0) is 9.78. The number of aliphatic carboxylic acids is 1. The van der Waals surface area contributed by atoms with Crippen molar-refractivity contribution < 1.29 is 15.0 Å². The summed E-state index contributed by atoms with van der Waals surface area (Å²) in [5.41, 5.74) is -0.672. The maximum Gasteiger partial charge on any atom is 0.309 e. The lowest BCUT2D eigenvalue weighted by Crippen LogP contribution is -2.26. The number of hydrogen-bond acceptors (Lipinski definition) is 2. The van der Waals surface area contributed by atoms with Gasteiger partial charge in [-0.3, -0.25) is 4.79 Å². The van der Waals surface area contributed by atoms with E-state index in [1.165, 1.54) is 0 Å². The average Bonchev–Trinajstić information content (AvgIpc) is 1.85. The molecule has 0 aliphatic heterocycles. The van der Waals surface area contributed by atoms with Crippen molar-refractivity contribution in [1.29, 1.82) is 0 Å². The molecule has 0 aromatic carbocycles. The van der Waals surface area contributed by atoms with Crippen molar-refractivity contribution in [2.45, 2.75) is 33.6 Å². The Morgan fingerprint density at radius 2 is 2.00 bits per heavy atom. The van der Waals surface area contributed by atoms with Crippen molar-refractivity contribution in [1.82, 2.24) is 0 Å². The van der Waals surface area contributed by atoms with Crippen LogP contribution < -0.4 is 0 Å². The van der Waals surface area contributed by atoms with Gasteiger partial charge in [0.1, 0.15) is 0 Å². The van der Waals surface area contributed by atoms with E-state index in [-0.39, 0.29) is 12.5 Å². The SMILES string of the molecule is CC(CCO)CC(C)(C)C(=O)O. The van der Waals surface area contributed by atoms with Crippen LogP contribution in [0.25, 0.3) is 0 Å². The number of aliphatic hydroxyl groups is 1. The number of carboxylic acids is 1.